The van der Waals surface area contributed by atoms with Crippen LogP contribution in [0.2, 0.25) is 0 Å². The molecule has 0 aliphatic carbocycles. The van der Waals surface area contributed by atoms with Gasteiger partial charge in [-0.15, -0.1) is 11.8 Å². The van der Waals surface area contributed by atoms with Gasteiger partial charge in [0.1, 0.15) is 16.6 Å². The standard InChI is InChI=1S/C8H11N3O3S/c9-5-1-2-11(8(13)10-5)6-4-14-7(3-12)15-6/h1-2,6-7,12H,3-4H2,(H2,9,10,13)/t6-,7-/m0/s1. The third kappa shape index (κ3) is 2.14. The number of aromatic nitrogens is 2. The van der Waals surface area contributed by atoms with E-state index in [0.717, 1.165) is 0 Å². The zero-order valence-electron chi connectivity index (χ0n) is 7.87. The molecule has 0 amide bonds. The topological polar surface area (TPSA) is 90.4 Å². The average Bonchev–Trinajstić information content (AvgIpc) is 2.66. The van der Waals surface area contributed by atoms with Crippen molar-refractivity contribution in [2.75, 3.05) is 18.9 Å². The quantitative estimate of drug-likeness (QED) is 0.704. The second-order valence-corrected chi connectivity index (χ2v) is 4.42. The molecule has 2 atom stereocenters. The number of nitrogens with zero attached hydrogens (tertiary/aromatic N) is 2. The summed E-state index contributed by atoms with van der Waals surface area (Å²) in [5, 5.41) is 8.74. The van der Waals surface area contributed by atoms with Crippen molar-refractivity contribution >= 4 is 17.6 Å². The minimum absolute atomic E-state index is 0.0572. The lowest BCUT2D eigenvalue weighted by Crippen LogP contribution is -2.26. The highest BCUT2D eigenvalue weighted by atomic mass is 32.2. The summed E-state index contributed by atoms with van der Waals surface area (Å²) >= 11 is 1.39. The molecule has 1 saturated heterocycles. The Hall–Kier alpha value is -1.05. The molecule has 0 spiro atoms. The fraction of sp³-hybridized carbons (Fsp3) is 0.500. The molecule has 0 saturated carbocycles. The van der Waals surface area contributed by atoms with Crippen molar-refractivity contribution in [3.05, 3.63) is 22.7 Å². The summed E-state index contributed by atoms with van der Waals surface area (Å²) in [6, 6.07) is 1.56. The molecule has 1 aromatic rings. The van der Waals surface area contributed by atoms with E-state index < -0.39 is 5.69 Å². The van der Waals surface area contributed by atoms with E-state index in [2.05, 4.69) is 4.98 Å². The highest BCUT2D eigenvalue weighted by Gasteiger charge is 2.27. The maximum absolute atomic E-state index is 11.5. The van der Waals surface area contributed by atoms with Crippen LogP contribution in [0.15, 0.2) is 17.1 Å². The summed E-state index contributed by atoms with van der Waals surface area (Å²) in [5.41, 5.74) is 4.72. The molecule has 82 valence electrons. The molecule has 0 bridgehead atoms. The highest BCUT2D eigenvalue weighted by Crippen LogP contribution is 2.34. The number of anilines is 1. The number of nitrogens with two attached hydrogens (primary N) is 1. The second-order valence-electron chi connectivity index (χ2n) is 3.08. The Morgan fingerprint density at radius 1 is 1.80 bits per heavy atom. The van der Waals surface area contributed by atoms with Crippen LogP contribution in [0.4, 0.5) is 5.82 Å². The van der Waals surface area contributed by atoms with Gasteiger partial charge in [-0.1, -0.05) is 0 Å². The largest absolute Gasteiger partial charge is 0.393 e. The molecule has 1 aliphatic heterocycles. The van der Waals surface area contributed by atoms with Crippen molar-refractivity contribution in [1.82, 2.24) is 9.55 Å². The number of aliphatic hydroxyl groups excluding tert-OH is 1. The van der Waals surface area contributed by atoms with E-state index in [9.17, 15) is 4.79 Å². The number of ether oxygens (including phenoxy) is 1. The van der Waals surface area contributed by atoms with E-state index >= 15 is 0 Å². The van der Waals surface area contributed by atoms with Gasteiger partial charge in [0.15, 0.2) is 0 Å². The molecule has 7 heteroatoms. The van der Waals surface area contributed by atoms with Crippen LogP contribution in [0.5, 0.6) is 0 Å². The smallest absolute Gasteiger partial charge is 0.350 e. The van der Waals surface area contributed by atoms with Crippen LogP contribution in [0.3, 0.4) is 0 Å². The first-order valence-corrected chi connectivity index (χ1v) is 5.37. The number of nitrogen functional groups attached to an aromatic ring is 1. The number of thioether (sulfide) groups is 1. The summed E-state index contributed by atoms with van der Waals surface area (Å²) in [5.74, 6) is 0.207. The Balaban J connectivity index is 2.20. The zero-order chi connectivity index (χ0) is 10.8. The number of hydrogen-bond acceptors (Lipinski definition) is 6. The van der Waals surface area contributed by atoms with E-state index in [1.165, 1.54) is 16.3 Å². The van der Waals surface area contributed by atoms with Crippen LogP contribution >= 0.6 is 11.8 Å². The van der Waals surface area contributed by atoms with E-state index in [1.54, 1.807) is 12.3 Å². The van der Waals surface area contributed by atoms with Gasteiger partial charge in [-0.2, -0.15) is 4.98 Å². The normalized spacial score (nSPS) is 25.7. The first-order chi connectivity index (χ1) is 7.20. The number of aliphatic hydroxyl groups is 1. The van der Waals surface area contributed by atoms with Gasteiger partial charge in [-0.05, 0) is 6.07 Å². The van der Waals surface area contributed by atoms with Crippen LogP contribution < -0.4 is 11.4 Å². The second kappa shape index (κ2) is 4.21. The van der Waals surface area contributed by atoms with E-state index in [-0.39, 0.29) is 23.2 Å². The summed E-state index contributed by atoms with van der Waals surface area (Å²) in [7, 11) is 0. The van der Waals surface area contributed by atoms with Crippen LogP contribution in [0.25, 0.3) is 0 Å². The Labute approximate surface area is 90.1 Å². The number of rotatable bonds is 2. The predicted octanol–water partition coefficient (Wildman–Crippen LogP) is -0.594. The molecule has 0 unspecified atom stereocenters. The third-order valence-electron chi connectivity index (χ3n) is 2.04. The first-order valence-electron chi connectivity index (χ1n) is 4.43. The number of hydrogen-bond donors (Lipinski definition) is 2. The van der Waals surface area contributed by atoms with E-state index in [0.29, 0.717) is 6.61 Å². The lowest BCUT2D eigenvalue weighted by molar-refractivity contribution is 0.0803. The Morgan fingerprint density at radius 2 is 2.60 bits per heavy atom. The molecule has 1 aliphatic rings. The molecule has 3 N–H and O–H groups in total. The predicted molar refractivity (Wildman–Crippen MR) is 56.4 cm³/mol. The lowest BCUT2D eigenvalue weighted by atomic mass is 10.5. The van der Waals surface area contributed by atoms with Crippen molar-refractivity contribution in [2.24, 2.45) is 0 Å². The molecule has 0 aromatic carbocycles. The molecule has 2 rings (SSSR count). The van der Waals surface area contributed by atoms with Crippen LogP contribution in [0, 0.1) is 0 Å². The maximum Gasteiger partial charge on any atom is 0.350 e. The van der Waals surface area contributed by atoms with Crippen molar-refractivity contribution < 1.29 is 9.84 Å². The molecular formula is C8H11N3O3S. The van der Waals surface area contributed by atoms with Gasteiger partial charge in [0, 0.05) is 6.20 Å². The SMILES string of the molecule is Nc1ccn([C@@H]2CO[C@H](CO)S2)c(=O)n1. The van der Waals surface area contributed by atoms with E-state index in [1.807, 2.05) is 0 Å². The molecular weight excluding hydrogens is 218 g/mol. The Kier molecular flexibility index (Phi) is 2.94. The fourth-order valence-electron chi connectivity index (χ4n) is 1.33. The van der Waals surface area contributed by atoms with Gasteiger partial charge in [0.05, 0.1) is 13.2 Å². The van der Waals surface area contributed by atoms with Gasteiger partial charge in [-0.25, -0.2) is 4.79 Å². The van der Waals surface area contributed by atoms with Gasteiger partial charge >= 0.3 is 5.69 Å². The molecule has 0 radical (unpaired) electrons. The van der Waals surface area contributed by atoms with Gasteiger partial charge in [0.2, 0.25) is 0 Å². The lowest BCUT2D eigenvalue weighted by Gasteiger charge is -2.10. The molecule has 2 heterocycles. The molecule has 1 fully saturated rings. The minimum atomic E-state index is -0.394. The van der Waals surface area contributed by atoms with Crippen LogP contribution in [-0.2, 0) is 4.74 Å². The van der Waals surface area contributed by atoms with Gasteiger partial charge in [0.25, 0.3) is 0 Å². The average molecular weight is 229 g/mol. The molecule has 6 nitrogen and oxygen atoms in total. The van der Waals surface area contributed by atoms with Crippen molar-refractivity contribution in [3.63, 3.8) is 0 Å². The summed E-state index contributed by atoms with van der Waals surface area (Å²) in [4.78, 5) is 15.1. The monoisotopic (exact) mass is 229 g/mol. The summed E-state index contributed by atoms with van der Waals surface area (Å²) < 4.78 is 6.70. The van der Waals surface area contributed by atoms with Crippen molar-refractivity contribution in [1.29, 1.82) is 0 Å². The van der Waals surface area contributed by atoms with Gasteiger partial charge in [-0.3, -0.25) is 4.57 Å². The minimum Gasteiger partial charge on any atom is -0.393 e. The zero-order valence-corrected chi connectivity index (χ0v) is 8.68. The van der Waals surface area contributed by atoms with Crippen molar-refractivity contribution in [2.45, 2.75) is 10.8 Å². The molecule has 15 heavy (non-hydrogen) atoms. The summed E-state index contributed by atoms with van der Waals surface area (Å²) in [6.45, 7) is 0.333. The van der Waals surface area contributed by atoms with Crippen LogP contribution in [-0.4, -0.2) is 33.3 Å². The van der Waals surface area contributed by atoms with E-state index in [4.69, 9.17) is 15.6 Å². The summed E-state index contributed by atoms with van der Waals surface area (Å²) in [6.07, 6.45) is 1.59. The fourth-order valence-corrected chi connectivity index (χ4v) is 2.37. The van der Waals surface area contributed by atoms with Crippen LogP contribution in [0.1, 0.15) is 5.37 Å². The first kappa shape index (κ1) is 10.5. The van der Waals surface area contributed by atoms with Gasteiger partial charge < -0.3 is 15.6 Å². The molecule has 1 aromatic heterocycles. The highest BCUT2D eigenvalue weighted by molar-refractivity contribution is 8.00. The Morgan fingerprint density at radius 3 is 3.20 bits per heavy atom. The maximum atomic E-state index is 11.5. The van der Waals surface area contributed by atoms with Crippen molar-refractivity contribution in [3.8, 4) is 0 Å². The third-order valence-corrected chi connectivity index (χ3v) is 3.31. The Bertz CT molecular complexity index is 408.